The van der Waals surface area contributed by atoms with Gasteiger partial charge in [-0.25, -0.2) is 8.42 Å². The van der Waals surface area contributed by atoms with E-state index in [4.69, 9.17) is 4.74 Å². The molecule has 35 heavy (non-hydrogen) atoms. The van der Waals surface area contributed by atoms with Gasteiger partial charge in [0.15, 0.2) is 4.80 Å². The number of hydrogen-bond donors (Lipinski definition) is 0. The first-order chi connectivity index (χ1) is 16.6. The lowest BCUT2D eigenvalue weighted by Gasteiger charge is -2.19. The fourth-order valence-electron chi connectivity index (χ4n) is 3.65. The molecule has 0 aliphatic rings. The van der Waals surface area contributed by atoms with Crippen LogP contribution in [0, 0.1) is 13.8 Å². The van der Waals surface area contributed by atoms with E-state index >= 15 is 0 Å². The van der Waals surface area contributed by atoms with Crippen LogP contribution in [0.15, 0.2) is 71.6 Å². The Morgan fingerprint density at radius 1 is 1.11 bits per heavy atom. The zero-order valence-corrected chi connectivity index (χ0v) is 21.5. The van der Waals surface area contributed by atoms with E-state index in [1.54, 1.807) is 4.57 Å². The molecule has 2 aromatic carbocycles. The summed E-state index contributed by atoms with van der Waals surface area (Å²) in [5, 5.41) is 0. The summed E-state index contributed by atoms with van der Waals surface area (Å²) in [4.78, 5) is 29.7. The third-order valence-corrected chi connectivity index (χ3v) is 8.10. The molecule has 0 bridgehead atoms. The molecule has 1 heterocycles. The third-order valence-electron chi connectivity index (χ3n) is 5.23. The molecule has 0 aliphatic heterocycles. The normalized spacial score (nSPS) is 12.2. The lowest BCUT2D eigenvalue weighted by atomic mass is 10.1. The van der Waals surface area contributed by atoms with E-state index in [1.165, 1.54) is 59.2 Å². The molecule has 0 fully saturated rings. The molecule has 3 aromatic rings. The van der Waals surface area contributed by atoms with Crippen molar-refractivity contribution in [1.82, 2.24) is 8.87 Å². The Bertz CT molecular complexity index is 1460. The van der Waals surface area contributed by atoms with Crippen LogP contribution in [-0.4, -0.2) is 49.4 Å². The quantitative estimate of drug-likeness (QED) is 0.322. The second kappa shape index (κ2) is 10.9. The predicted molar refractivity (Wildman–Crippen MR) is 137 cm³/mol. The minimum atomic E-state index is -3.78. The smallest absolute Gasteiger partial charge is 0.325 e. The van der Waals surface area contributed by atoms with Crippen molar-refractivity contribution < 1.29 is 22.7 Å². The fraction of sp³-hybridized carbons (Fsp3) is 0.240. The van der Waals surface area contributed by atoms with Crippen LogP contribution in [0.1, 0.15) is 21.5 Å². The maximum absolute atomic E-state index is 13.0. The number of aromatic nitrogens is 1. The van der Waals surface area contributed by atoms with E-state index in [9.17, 15) is 18.0 Å². The standard InChI is InChI=1S/C25H27N3O5S2/c1-6-12-27(13-7-2)35(31,32)20-10-8-19(9-11-20)24(30)26-25-28(16-22(29)33-5)23-18(4)14-17(3)15-21(23)34-25/h6-11,14-15H,1-2,12-13,16H2,3-5H3. The molecular weight excluding hydrogens is 486 g/mol. The topological polar surface area (TPSA) is 98.0 Å². The van der Waals surface area contributed by atoms with Crippen molar-refractivity contribution in [2.24, 2.45) is 4.99 Å². The number of aryl methyl sites for hydroxylation is 2. The number of esters is 1. The van der Waals surface area contributed by atoms with Crippen LogP contribution in [0.25, 0.3) is 10.2 Å². The fourth-order valence-corrected chi connectivity index (χ4v) is 6.23. The van der Waals surface area contributed by atoms with Gasteiger partial charge in [-0.15, -0.1) is 13.2 Å². The van der Waals surface area contributed by atoms with Crippen molar-refractivity contribution in [3.63, 3.8) is 0 Å². The molecular formula is C25H27N3O5S2. The first-order valence-corrected chi connectivity index (χ1v) is 13.0. The number of carbonyl (C=O) groups excluding carboxylic acids is 2. The average Bonchev–Trinajstić information content (AvgIpc) is 3.15. The number of hydrogen-bond acceptors (Lipinski definition) is 6. The SMILES string of the molecule is C=CCN(CC=C)S(=O)(=O)c1ccc(C(=O)N=c2sc3cc(C)cc(C)c3n2CC(=O)OC)cc1. The van der Waals surface area contributed by atoms with Gasteiger partial charge in [-0.05, 0) is 55.3 Å². The van der Waals surface area contributed by atoms with Crippen molar-refractivity contribution >= 4 is 43.5 Å². The zero-order valence-electron chi connectivity index (χ0n) is 19.9. The van der Waals surface area contributed by atoms with E-state index in [0.717, 1.165) is 21.3 Å². The molecule has 10 heteroatoms. The van der Waals surface area contributed by atoms with E-state index in [0.29, 0.717) is 4.80 Å². The minimum absolute atomic E-state index is 0.0477. The number of thiazole rings is 1. The summed E-state index contributed by atoms with van der Waals surface area (Å²) >= 11 is 1.30. The zero-order chi connectivity index (χ0) is 25.8. The summed E-state index contributed by atoms with van der Waals surface area (Å²) in [5.41, 5.74) is 3.03. The first kappa shape index (κ1) is 26.3. The van der Waals surface area contributed by atoms with E-state index in [-0.39, 0.29) is 30.1 Å². The largest absolute Gasteiger partial charge is 0.468 e. The second-order valence-corrected chi connectivity index (χ2v) is 10.8. The van der Waals surface area contributed by atoms with E-state index in [2.05, 4.69) is 18.2 Å². The summed E-state index contributed by atoms with van der Waals surface area (Å²) in [7, 11) is -2.48. The van der Waals surface area contributed by atoms with Crippen LogP contribution in [0.3, 0.4) is 0 Å². The molecule has 1 amide bonds. The van der Waals surface area contributed by atoms with Crippen molar-refractivity contribution in [2.45, 2.75) is 25.3 Å². The highest BCUT2D eigenvalue weighted by molar-refractivity contribution is 7.89. The van der Waals surface area contributed by atoms with Crippen molar-refractivity contribution in [3.05, 3.63) is 83.2 Å². The van der Waals surface area contributed by atoms with Crippen molar-refractivity contribution in [2.75, 3.05) is 20.2 Å². The first-order valence-electron chi connectivity index (χ1n) is 10.7. The van der Waals surface area contributed by atoms with Gasteiger partial charge in [-0.3, -0.25) is 9.59 Å². The Labute approximate surface area is 208 Å². The second-order valence-electron chi connectivity index (χ2n) is 7.82. The van der Waals surface area contributed by atoms with Crippen LogP contribution < -0.4 is 4.80 Å². The molecule has 0 saturated heterocycles. The number of ether oxygens (including phenoxy) is 1. The predicted octanol–water partition coefficient (Wildman–Crippen LogP) is 3.60. The summed E-state index contributed by atoms with van der Waals surface area (Å²) in [5.74, 6) is -1.01. The number of rotatable bonds is 9. The van der Waals surface area contributed by atoms with Gasteiger partial charge in [0.2, 0.25) is 10.0 Å². The molecule has 184 valence electrons. The summed E-state index contributed by atoms with van der Waals surface area (Å²) < 4.78 is 34.4. The van der Waals surface area contributed by atoms with Gasteiger partial charge >= 0.3 is 5.97 Å². The maximum Gasteiger partial charge on any atom is 0.325 e. The van der Waals surface area contributed by atoms with Crippen molar-refractivity contribution in [1.29, 1.82) is 0 Å². The monoisotopic (exact) mass is 513 g/mol. The lowest BCUT2D eigenvalue weighted by molar-refractivity contribution is -0.141. The number of fused-ring (bicyclic) bond motifs is 1. The van der Waals surface area contributed by atoms with Crippen LogP contribution in [0.5, 0.6) is 0 Å². The number of sulfonamides is 1. The van der Waals surface area contributed by atoms with Gasteiger partial charge in [-0.1, -0.05) is 29.6 Å². The molecule has 1 aromatic heterocycles. The number of benzene rings is 2. The van der Waals surface area contributed by atoms with Gasteiger partial charge in [0, 0.05) is 18.7 Å². The molecule has 0 radical (unpaired) electrons. The highest BCUT2D eigenvalue weighted by Crippen LogP contribution is 2.23. The minimum Gasteiger partial charge on any atom is -0.468 e. The Morgan fingerprint density at radius 2 is 1.74 bits per heavy atom. The van der Waals surface area contributed by atoms with Crippen molar-refractivity contribution in [3.8, 4) is 0 Å². The molecule has 0 N–H and O–H groups in total. The highest BCUT2D eigenvalue weighted by atomic mass is 32.2. The molecule has 3 rings (SSSR count). The van der Waals surface area contributed by atoms with Crippen LogP contribution in [0.4, 0.5) is 0 Å². The number of amides is 1. The number of carbonyl (C=O) groups is 2. The van der Waals surface area contributed by atoms with Gasteiger partial charge < -0.3 is 9.30 Å². The maximum atomic E-state index is 13.0. The molecule has 0 aliphatic carbocycles. The van der Waals surface area contributed by atoms with Crippen LogP contribution >= 0.6 is 11.3 Å². The number of nitrogens with zero attached hydrogens (tertiary/aromatic N) is 3. The van der Waals surface area contributed by atoms with Gasteiger partial charge in [-0.2, -0.15) is 9.30 Å². The average molecular weight is 514 g/mol. The molecule has 0 saturated carbocycles. The number of methoxy groups -OCH3 is 1. The van der Waals surface area contributed by atoms with E-state index in [1.807, 2.05) is 26.0 Å². The molecule has 0 spiro atoms. The van der Waals surface area contributed by atoms with E-state index < -0.39 is 21.9 Å². The Kier molecular flexibility index (Phi) is 8.21. The van der Waals surface area contributed by atoms with Crippen LogP contribution in [0.2, 0.25) is 0 Å². The highest BCUT2D eigenvalue weighted by Gasteiger charge is 2.23. The summed E-state index contributed by atoms with van der Waals surface area (Å²) in [6, 6.07) is 9.56. The van der Waals surface area contributed by atoms with Crippen LogP contribution in [-0.2, 0) is 26.1 Å². The Hall–Kier alpha value is -3.34. The Balaban J connectivity index is 2.03. The summed E-state index contributed by atoms with van der Waals surface area (Å²) in [6.45, 7) is 11.3. The van der Waals surface area contributed by atoms with Gasteiger partial charge in [0.1, 0.15) is 6.54 Å². The molecule has 8 nitrogen and oxygen atoms in total. The summed E-state index contributed by atoms with van der Waals surface area (Å²) in [6.07, 6.45) is 2.99. The van der Waals surface area contributed by atoms with Gasteiger partial charge in [0.25, 0.3) is 5.91 Å². The Morgan fingerprint density at radius 3 is 2.31 bits per heavy atom. The third kappa shape index (κ3) is 5.67. The van der Waals surface area contributed by atoms with Gasteiger partial charge in [0.05, 0.1) is 22.2 Å². The lowest BCUT2D eigenvalue weighted by Crippen LogP contribution is -2.31. The molecule has 0 atom stereocenters. The molecule has 0 unspecified atom stereocenters.